The van der Waals surface area contributed by atoms with Crippen LogP contribution in [-0.4, -0.2) is 15.1 Å². The van der Waals surface area contributed by atoms with Crippen LogP contribution in [-0.2, 0) is 6.61 Å². The van der Waals surface area contributed by atoms with Crippen molar-refractivity contribution in [2.45, 2.75) is 6.61 Å². The minimum absolute atomic E-state index is 0.0570. The molecule has 0 saturated heterocycles. The lowest BCUT2D eigenvalue weighted by molar-refractivity contribution is 0.306. The number of aromatic nitrogens is 2. The Morgan fingerprint density at radius 1 is 0.857 bits per heavy atom. The molecule has 3 rings (SSSR count). The molecule has 0 bridgehead atoms. The summed E-state index contributed by atoms with van der Waals surface area (Å²) in [6.45, 7) is 0.538. The van der Waals surface area contributed by atoms with Crippen LogP contribution >= 0.6 is 0 Å². The van der Waals surface area contributed by atoms with Gasteiger partial charge in [-0.05, 0) is 29.8 Å². The molecule has 21 heavy (non-hydrogen) atoms. The van der Waals surface area contributed by atoms with Crippen molar-refractivity contribution in [2.75, 3.05) is 0 Å². The monoisotopic (exact) mass is 278 g/mol. The minimum Gasteiger partial charge on any atom is -0.505 e. The summed E-state index contributed by atoms with van der Waals surface area (Å²) in [6, 6.07) is 17.6. The van der Waals surface area contributed by atoms with E-state index in [0.717, 1.165) is 16.9 Å². The van der Waals surface area contributed by atoms with Crippen molar-refractivity contribution < 1.29 is 9.84 Å². The van der Waals surface area contributed by atoms with Crippen molar-refractivity contribution >= 4 is 0 Å². The molecule has 4 heteroatoms. The van der Waals surface area contributed by atoms with Gasteiger partial charge in [-0.2, -0.15) is 0 Å². The fraction of sp³-hybridized carbons (Fsp3) is 0.0588. The first-order valence-electron chi connectivity index (χ1n) is 6.59. The van der Waals surface area contributed by atoms with E-state index in [0.29, 0.717) is 12.4 Å². The summed E-state index contributed by atoms with van der Waals surface area (Å²) in [5, 5.41) is 9.18. The van der Waals surface area contributed by atoms with Crippen molar-refractivity contribution in [2.24, 2.45) is 0 Å². The van der Waals surface area contributed by atoms with E-state index in [9.17, 15) is 5.11 Å². The predicted octanol–water partition coefficient (Wildman–Crippen LogP) is 3.43. The highest BCUT2D eigenvalue weighted by Gasteiger charge is 2.02. The van der Waals surface area contributed by atoms with Crippen LogP contribution in [0.1, 0.15) is 5.56 Å². The molecule has 1 heterocycles. The molecule has 0 amide bonds. The van der Waals surface area contributed by atoms with Crippen LogP contribution in [0.2, 0.25) is 0 Å². The summed E-state index contributed by atoms with van der Waals surface area (Å²) in [5.74, 6) is 1.42. The van der Waals surface area contributed by atoms with Gasteiger partial charge in [-0.1, -0.05) is 30.3 Å². The van der Waals surface area contributed by atoms with E-state index in [1.807, 2.05) is 54.6 Å². The molecule has 2 aromatic carbocycles. The lowest BCUT2D eigenvalue weighted by atomic mass is 10.2. The van der Waals surface area contributed by atoms with E-state index in [1.54, 1.807) is 0 Å². The summed E-state index contributed by atoms with van der Waals surface area (Å²) in [7, 11) is 0. The zero-order chi connectivity index (χ0) is 14.5. The molecular weight excluding hydrogens is 264 g/mol. The van der Waals surface area contributed by atoms with Crippen molar-refractivity contribution in [3.05, 3.63) is 72.6 Å². The average molecular weight is 278 g/mol. The summed E-state index contributed by atoms with van der Waals surface area (Å²) >= 11 is 0. The third kappa shape index (κ3) is 3.36. The van der Waals surface area contributed by atoms with E-state index < -0.39 is 0 Å². The van der Waals surface area contributed by atoms with Crippen LogP contribution in [0, 0.1) is 0 Å². The molecule has 0 aliphatic rings. The van der Waals surface area contributed by atoms with E-state index in [4.69, 9.17) is 4.74 Å². The van der Waals surface area contributed by atoms with Crippen LogP contribution in [0.4, 0.5) is 0 Å². The topological polar surface area (TPSA) is 55.2 Å². The van der Waals surface area contributed by atoms with Crippen molar-refractivity contribution in [3.63, 3.8) is 0 Å². The van der Waals surface area contributed by atoms with Gasteiger partial charge in [-0.15, -0.1) is 0 Å². The highest BCUT2D eigenvalue weighted by molar-refractivity contribution is 5.56. The lowest BCUT2D eigenvalue weighted by Crippen LogP contribution is -1.95. The van der Waals surface area contributed by atoms with E-state index >= 15 is 0 Å². The van der Waals surface area contributed by atoms with Gasteiger partial charge in [0.1, 0.15) is 12.4 Å². The SMILES string of the molecule is Oc1cnc(-c2ccc(OCc3ccccc3)cc2)nc1. The first-order chi connectivity index (χ1) is 10.3. The lowest BCUT2D eigenvalue weighted by Gasteiger charge is -2.07. The molecule has 104 valence electrons. The van der Waals surface area contributed by atoms with E-state index in [1.165, 1.54) is 12.4 Å². The van der Waals surface area contributed by atoms with Gasteiger partial charge in [0, 0.05) is 5.56 Å². The fourth-order valence-electron chi connectivity index (χ4n) is 1.91. The van der Waals surface area contributed by atoms with Gasteiger partial charge < -0.3 is 9.84 Å². The molecule has 0 saturated carbocycles. The molecule has 0 unspecified atom stereocenters. The Labute approximate surface area is 122 Å². The van der Waals surface area contributed by atoms with Crippen LogP contribution in [0.5, 0.6) is 11.5 Å². The first-order valence-corrected chi connectivity index (χ1v) is 6.59. The maximum atomic E-state index is 9.18. The molecule has 0 aliphatic heterocycles. The molecule has 1 N–H and O–H groups in total. The summed E-state index contributed by atoms with van der Waals surface area (Å²) < 4.78 is 5.72. The Balaban J connectivity index is 1.68. The Hall–Kier alpha value is -2.88. The quantitative estimate of drug-likeness (QED) is 0.794. The Bertz CT molecular complexity index is 695. The number of ether oxygens (including phenoxy) is 1. The first kappa shape index (κ1) is 13.1. The summed E-state index contributed by atoms with van der Waals surface area (Å²) in [4.78, 5) is 8.14. The van der Waals surface area contributed by atoms with E-state index in [-0.39, 0.29) is 5.75 Å². The second-order valence-electron chi connectivity index (χ2n) is 4.56. The summed E-state index contributed by atoms with van der Waals surface area (Å²) in [5.41, 5.74) is 2.01. The number of hydrogen-bond acceptors (Lipinski definition) is 4. The molecule has 0 radical (unpaired) electrons. The Morgan fingerprint density at radius 2 is 1.52 bits per heavy atom. The number of hydrogen-bond donors (Lipinski definition) is 1. The van der Waals surface area contributed by atoms with Crippen molar-refractivity contribution in [3.8, 4) is 22.9 Å². The number of aromatic hydroxyl groups is 1. The third-order valence-corrected chi connectivity index (χ3v) is 3.00. The van der Waals surface area contributed by atoms with Gasteiger partial charge in [0.05, 0.1) is 12.4 Å². The summed E-state index contributed by atoms with van der Waals surface area (Å²) in [6.07, 6.45) is 2.75. The zero-order valence-electron chi connectivity index (χ0n) is 11.3. The van der Waals surface area contributed by atoms with Crippen molar-refractivity contribution in [1.29, 1.82) is 0 Å². The molecule has 0 atom stereocenters. The minimum atomic E-state index is 0.0570. The number of rotatable bonds is 4. The largest absolute Gasteiger partial charge is 0.505 e. The molecule has 3 aromatic rings. The van der Waals surface area contributed by atoms with E-state index in [2.05, 4.69) is 9.97 Å². The van der Waals surface area contributed by atoms with Gasteiger partial charge in [-0.25, -0.2) is 9.97 Å². The van der Waals surface area contributed by atoms with Crippen molar-refractivity contribution in [1.82, 2.24) is 9.97 Å². The Kier molecular flexibility index (Phi) is 3.78. The highest BCUT2D eigenvalue weighted by atomic mass is 16.5. The highest BCUT2D eigenvalue weighted by Crippen LogP contribution is 2.20. The maximum Gasteiger partial charge on any atom is 0.159 e. The molecule has 0 spiro atoms. The molecule has 0 fully saturated rings. The maximum absolute atomic E-state index is 9.18. The van der Waals surface area contributed by atoms with Gasteiger partial charge >= 0.3 is 0 Å². The number of benzene rings is 2. The van der Waals surface area contributed by atoms with Gasteiger partial charge in [0.15, 0.2) is 11.6 Å². The third-order valence-electron chi connectivity index (χ3n) is 3.00. The van der Waals surface area contributed by atoms with Crippen LogP contribution < -0.4 is 4.74 Å². The Morgan fingerprint density at radius 3 is 2.19 bits per heavy atom. The average Bonchev–Trinajstić information content (AvgIpc) is 2.55. The van der Waals surface area contributed by atoms with Crippen LogP contribution in [0.3, 0.4) is 0 Å². The number of nitrogens with zero attached hydrogens (tertiary/aromatic N) is 2. The van der Waals surface area contributed by atoms with Gasteiger partial charge in [0.2, 0.25) is 0 Å². The second-order valence-corrected chi connectivity index (χ2v) is 4.56. The van der Waals surface area contributed by atoms with Gasteiger partial charge in [-0.3, -0.25) is 0 Å². The molecular formula is C17H14N2O2. The predicted molar refractivity (Wildman–Crippen MR) is 79.9 cm³/mol. The normalized spacial score (nSPS) is 10.3. The second kappa shape index (κ2) is 6.05. The molecule has 4 nitrogen and oxygen atoms in total. The van der Waals surface area contributed by atoms with Crippen LogP contribution in [0.15, 0.2) is 67.0 Å². The molecule has 0 aliphatic carbocycles. The zero-order valence-corrected chi connectivity index (χ0v) is 11.3. The smallest absolute Gasteiger partial charge is 0.159 e. The van der Waals surface area contributed by atoms with Crippen LogP contribution in [0.25, 0.3) is 11.4 Å². The standard InChI is InChI=1S/C17H14N2O2/c20-15-10-18-17(19-11-15)14-6-8-16(9-7-14)21-12-13-4-2-1-3-5-13/h1-11,20H,12H2. The molecule has 1 aromatic heterocycles. The fourth-order valence-corrected chi connectivity index (χ4v) is 1.91. The van der Waals surface area contributed by atoms with Gasteiger partial charge in [0.25, 0.3) is 0 Å².